The van der Waals surface area contributed by atoms with E-state index in [0.29, 0.717) is 5.56 Å². The lowest BCUT2D eigenvalue weighted by Gasteiger charge is -2.06. The SMILES string of the molecule is CCc1nccc(-c2ccccc2C(C)=O)n1. The highest BCUT2D eigenvalue weighted by Gasteiger charge is 2.09. The summed E-state index contributed by atoms with van der Waals surface area (Å²) in [5.74, 6) is 0.845. The Morgan fingerprint density at radius 3 is 2.71 bits per heavy atom. The third kappa shape index (κ3) is 2.38. The quantitative estimate of drug-likeness (QED) is 0.756. The first kappa shape index (κ1) is 11.5. The summed E-state index contributed by atoms with van der Waals surface area (Å²) in [4.78, 5) is 20.2. The van der Waals surface area contributed by atoms with Crippen molar-refractivity contribution in [1.82, 2.24) is 9.97 Å². The third-order valence-electron chi connectivity index (χ3n) is 2.60. The monoisotopic (exact) mass is 226 g/mol. The Morgan fingerprint density at radius 1 is 1.24 bits per heavy atom. The number of aromatic nitrogens is 2. The Hall–Kier alpha value is -2.03. The predicted octanol–water partition coefficient (Wildman–Crippen LogP) is 2.91. The highest BCUT2D eigenvalue weighted by molar-refractivity contribution is 6.00. The number of benzene rings is 1. The van der Waals surface area contributed by atoms with Gasteiger partial charge in [-0.25, -0.2) is 9.97 Å². The van der Waals surface area contributed by atoms with Gasteiger partial charge >= 0.3 is 0 Å². The molecule has 17 heavy (non-hydrogen) atoms. The van der Waals surface area contributed by atoms with E-state index < -0.39 is 0 Å². The molecule has 3 heteroatoms. The van der Waals surface area contributed by atoms with Gasteiger partial charge in [0.1, 0.15) is 5.82 Å². The maximum atomic E-state index is 11.6. The smallest absolute Gasteiger partial charge is 0.160 e. The summed E-state index contributed by atoms with van der Waals surface area (Å²) in [7, 11) is 0. The van der Waals surface area contributed by atoms with E-state index in [4.69, 9.17) is 0 Å². The minimum Gasteiger partial charge on any atom is -0.294 e. The van der Waals surface area contributed by atoms with Crippen LogP contribution >= 0.6 is 0 Å². The molecule has 3 nitrogen and oxygen atoms in total. The molecule has 0 saturated heterocycles. The van der Waals surface area contributed by atoms with E-state index in [1.807, 2.05) is 37.3 Å². The molecule has 0 radical (unpaired) electrons. The molecule has 0 atom stereocenters. The largest absolute Gasteiger partial charge is 0.294 e. The standard InChI is InChI=1S/C14H14N2O/c1-3-14-15-9-8-13(16-14)12-7-5-4-6-11(12)10(2)17/h4-9H,3H2,1-2H3. The Balaban J connectivity index is 2.56. The fourth-order valence-corrected chi connectivity index (χ4v) is 1.73. The Bertz CT molecular complexity index is 549. The lowest BCUT2D eigenvalue weighted by molar-refractivity contribution is 0.101. The van der Waals surface area contributed by atoms with Gasteiger partial charge in [-0.15, -0.1) is 0 Å². The van der Waals surface area contributed by atoms with Gasteiger partial charge in [-0.2, -0.15) is 0 Å². The summed E-state index contributed by atoms with van der Waals surface area (Å²) in [5, 5.41) is 0. The minimum atomic E-state index is 0.0530. The molecule has 0 unspecified atom stereocenters. The van der Waals surface area contributed by atoms with Crippen molar-refractivity contribution in [3.8, 4) is 11.3 Å². The van der Waals surface area contributed by atoms with Gasteiger partial charge in [0.2, 0.25) is 0 Å². The van der Waals surface area contributed by atoms with Crippen molar-refractivity contribution >= 4 is 5.78 Å². The summed E-state index contributed by atoms with van der Waals surface area (Å²) in [6.07, 6.45) is 2.52. The van der Waals surface area contributed by atoms with Gasteiger partial charge in [0, 0.05) is 23.7 Å². The number of carbonyl (C=O) groups is 1. The molecule has 0 aliphatic heterocycles. The van der Waals surface area contributed by atoms with Crippen molar-refractivity contribution in [2.24, 2.45) is 0 Å². The second-order valence-electron chi connectivity index (χ2n) is 3.81. The topological polar surface area (TPSA) is 42.9 Å². The molecule has 86 valence electrons. The van der Waals surface area contributed by atoms with Crippen molar-refractivity contribution in [2.45, 2.75) is 20.3 Å². The number of ketones is 1. The molecule has 0 fully saturated rings. The van der Waals surface area contributed by atoms with Crippen LogP contribution in [0.15, 0.2) is 36.5 Å². The normalized spacial score (nSPS) is 10.2. The summed E-state index contributed by atoms with van der Waals surface area (Å²) in [6, 6.07) is 9.35. The van der Waals surface area contributed by atoms with Crippen LogP contribution in [-0.2, 0) is 6.42 Å². The van der Waals surface area contributed by atoms with Gasteiger partial charge in [-0.3, -0.25) is 4.79 Å². The number of aryl methyl sites for hydroxylation is 1. The molecule has 1 aromatic carbocycles. The first-order valence-electron chi connectivity index (χ1n) is 5.64. The van der Waals surface area contributed by atoms with E-state index in [1.54, 1.807) is 13.1 Å². The molecule has 2 aromatic rings. The van der Waals surface area contributed by atoms with Crippen molar-refractivity contribution in [1.29, 1.82) is 0 Å². The molecule has 1 heterocycles. The zero-order valence-corrected chi connectivity index (χ0v) is 9.97. The van der Waals surface area contributed by atoms with E-state index in [1.165, 1.54) is 0 Å². The van der Waals surface area contributed by atoms with Crippen LogP contribution in [0.5, 0.6) is 0 Å². The molecular formula is C14H14N2O. The molecule has 0 aliphatic rings. The summed E-state index contributed by atoms with van der Waals surface area (Å²) in [6.45, 7) is 3.58. The van der Waals surface area contributed by atoms with Crippen LogP contribution in [-0.4, -0.2) is 15.8 Å². The molecule has 0 spiro atoms. The minimum absolute atomic E-state index is 0.0530. The number of carbonyl (C=O) groups excluding carboxylic acids is 1. The van der Waals surface area contributed by atoms with Crippen LogP contribution in [0.4, 0.5) is 0 Å². The van der Waals surface area contributed by atoms with E-state index in [0.717, 1.165) is 23.5 Å². The van der Waals surface area contributed by atoms with Crippen LogP contribution < -0.4 is 0 Å². The fourth-order valence-electron chi connectivity index (χ4n) is 1.73. The fraction of sp³-hybridized carbons (Fsp3) is 0.214. The van der Waals surface area contributed by atoms with E-state index in [9.17, 15) is 4.79 Å². The highest BCUT2D eigenvalue weighted by atomic mass is 16.1. The van der Waals surface area contributed by atoms with Crippen molar-refractivity contribution in [3.63, 3.8) is 0 Å². The van der Waals surface area contributed by atoms with Crippen molar-refractivity contribution < 1.29 is 4.79 Å². The lowest BCUT2D eigenvalue weighted by Crippen LogP contribution is -1.99. The number of nitrogens with zero attached hydrogens (tertiary/aromatic N) is 2. The molecule has 2 rings (SSSR count). The molecule has 0 aliphatic carbocycles. The second-order valence-corrected chi connectivity index (χ2v) is 3.81. The maximum Gasteiger partial charge on any atom is 0.160 e. The Morgan fingerprint density at radius 2 is 2.00 bits per heavy atom. The first-order chi connectivity index (χ1) is 8.22. The number of rotatable bonds is 3. The van der Waals surface area contributed by atoms with Crippen LogP contribution in [0.25, 0.3) is 11.3 Å². The molecule has 0 bridgehead atoms. The molecule has 0 N–H and O–H groups in total. The van der Waals surface area contributed by atoms with Gasteiger partial charge in [-0.1, -0.05) is 31.2 Å². The van der Waals surface area contributed by atoms with Gasteiger partial charge in [-0.05, 0) is 13.0 Å². The van der Waals surface area contributed by atoms with Crippen molar-refractivity contribution in [2.75, 3.05) is 0 Å². The predicted molar refractivity (Wildman–Crippen MR) is 66.9 cm³/mol. The average molecular weight is 226 g/mol. The summed E-state index contributed by atoms with van der Waals surface area (Å²) >= 11 is 0. The Kier molecular flexibility index (Phi) is 3.28. The summed E-state index contributed by atoms with van der Waals surface area (Å²) in [5.41, 5.74) is 2.38. The average Bonchev–Trinajstić information content (AvgIpc) is 2.39. The van der Waals surface area contributed by atoms with E-state index >= 15 is 0 Å². The summed E-state index contributed by atoms with van der Waals surface area (Å²) < 4.78 is 0. The van der Waals surface area contributed by atoms with Gasteiger partial charge in [0.15, 0.2) is 5.78 Å². The lowest BCUT2D eigenvalue weighted by atomic mass is 10.0. The van der Waals surface area contributed by atoms with Crippen LogP contribution in [0.1, 0.15) is 30.0 Å². The zero-order chi connectivity index (χ0) is 12.3. The van der Waals surface area contributed by atoms with Crippen LogP contribution in [0.3, 0.4) is 0 Å². The van der Waals surface area contributed by atoms with Crippen LogP contribution in [0, 0.1) is 0 Å². The number of Topliss-reactive ketones (excluding diaryl/α,β-unsaturated/α-hetero) is 1. The second kappa shape index (κ2) is 4.87. The Labute approximate surface area is 101 Å². The molecular weight excluding hydrogens is 212 g/mol. The van der Waals surface area contributed by atoms with Gasteiger partial charge < -0.3 is 0 Å². The van der Waals surface area contributed by atoms with Gasteiger partial charge in [0.25, 0.3) is 0 Å². The highest BCUT2D eigenvalue weighted by Crippen LogP contribution is 2.21. The zero-order valence-electron chi connectivity index (χ0n) is 9.97. The van der Waals surface area contributed by atoms with E-state index in [2.05, 4.69) is 9.97 Å². The van der Waals surface area contributed by atoms with E-state index in [-0.39, 0.29) is 5.78 Å². The maximum absolute atomic E-state index is 11.6. The number of hydrogen-bond acceptors (Lipinski definition) is 3. The molecule has 1 aromatic heterocycles. The number of hydrogen-bond donors (Lipinski definition) is 0. The first-order valence-corrected chi connectivity index (χ1v) is 5.64. The van der Waals surface area contributed by atoms with Crippen molar-refractivity contribution in [3.05, 3.63) is 47.9 Å². The van der Waals surface area contributed by atoms with Crippen LogP contribution in [0.2, 0.25) is 0 Å². The third-order valence-corrected chi connectivity index (χ3v) is 2.60. The molecule has 0 saturated carbocycles. The van der Waals surface area contributed by atoms with Gasteiger partial charge in [0.05, 0.1) is 5.69 Å². The molecule has 0 amide bonds.